The van der Waals surface area contributed by atoms with Crippen molar-refractivity contribution in [2.24, 2.45) is 5.84 Å². The number of hydrogen-bond acceptors (Lipinski definition) is 3. The molecule has 0 fully saturated rings. The number of nitrogen functional groups attached to an aromatic ring is 1. The highest BCUT2D eigenvalue weighted by molar-refractivity contribution is 5.92. The first-order chi connectivity index (χ1) is 5.92. The van der Waals surface area contributed by atoms with Crippen molar-refractivity contribution in [3.63, 3.8) is 0 Å². The van der Waals surface area contributed by atoms with Gasteiger partial charge in [-0.1, -0.05) is 12.1 Å². The maximum atomic E-state index is 5.35. The summed E-state index contributed by atoms with van der Waals surface area (Å²) in [6.07, 6.45) is 3.57. The van der Waals surface area contributed by atoms with Crippen LogP contribution in [0.15, 0.2) is 36.7 Å². The number of benzene rings is 1. The Bertz CT molecular complexity index is 397. The molecule has 0 spiro atoms. The molecule has 0 aliphatic heterocycles. The molecular weight excluding hydrogens is 186 g/mol. The van der Waals surface area contributed by atoms with E-state index in [-0.39, 0.29) is 12.4 Å². The average Bonchev–Trinajstić information content (AvgIpc) is 2.17. The zero-order valence-corrected chi connectivity index (χ0v) is 7.71. The second-order valence-corrected chi connectivity index (χ2v) is 2.55. The Hall–Kier alpha value is -1.32. The highest BCUT2D eigenvalue weighted by atomic mass is 35.5. The molecule has 3 nitrogen and oxygen atoms in total. The Morgan fingerprint density at radius 1 is 1.23 bits per heavy atom. The predicted octanol–water partition coefficient (Wildman–Crippen LogP) is 1.94. The van der Waals surface area contributed by atoms with Crippen LogP contribution < -0.4 is 11.3 Å². The zero-order valence-electron chi connectivity index (χ0n) is 6.90. The number of nitrogens with one attached hydrogen (secondary N) is 1. The summed E-state index contributed by atoms with van der Waals surface area (Å²) in [5, 5.41) is 2.18. The molecule has 0 aliphatic rings. The minimum atomic E-state index is 0. The summed E-state index contributed by atoms with van der Waals surface area (Å²) in [4.78, 5) is 4.02. The number of hydrogen-bond donors (Lipinski definition) is 2. The molecule has 4 heteroatoms. The number of aromatic nitrogens is 1. The zero-order chi connectivity index (χ0) is 8.39. The van der Waals surface area contributed by atoms with Gasteiger partial charge in [0.25, 0.3) is 0 Å². The number of rotatable bonds is 1. The molecule has 2 rings (SSSR count). The largest absolute Gasteiger partial charge is 0.324 e. The van der Waals surface area contributed by atoms with Gasteiger partial charge < -0.3 is 5.43 Å². The molecule has 0 atom stereocenters. The molecule has 1 heterocycles. The molecule has 0 amide bonds. The fourth-order valence-electron chi connectivity index (χ4n) is 1.25. The van der Waals surface area contributed by atoms with Gasteiger partial charge in [-0.15, -0.1) is 12.4 Å². The van der Waals surface area contributed by atoms with Gasteiger partial charge in [-0.05, 0) is 12.1 Å². The number of halogens is 1. The number of hydrazine groups is 1. The fraction of sp³-hybridized carbons (Fsp3) is 0. The van der Waals surface area contributed by atoms with Gasteiger partial charge in [0.05, 0.1) is 5.69 Å². The molecule has 2 aromatic rings. The number of pyridine rings is 1. The SMILES string of the molecule is Cl.NNc1cccc2cnccc12. The molecular formula is C9H10ClN3. The molecule has 0 bridgehead atoms. The van der Waals surface area contributed by atoms with Gasteiger partial charge in [0, 0.05) is 23.2 Å². The number of anilines is 1. The quantitative estimate of drug-likeness (QED) is 0.540. The van der Waals surface area contributed by atoms with E-state index in [1.807, 2.05) is 30.5 Å². The number of nitrogens with zero attached hydrogens (tertiary/aromatic N) is 1. The summed E-state index contributed by atoms with van der Waals surface area (Å²) in [6.45, 7) is 0. The Labute approximate surface area is 82.3 Å². The Kier molecular flexibility index (Phi) is 3.06. The Morgan fingerprint density at radius 2 is 2.08 bits per heavy atom. The third-order valence-electron chi connectivity index (χ3n) is 1.84. The van der Waals surface area contributed by atoms with E-state index >= 15 is 0 Å². The summed E-state index contributed by atoms with van der Waals surface area (Å²) in [5.74, 6) is 5.35. The lowest BCUT2D eigenvalue weighted by Crippen LogP contribution is -2.06. The predicted molar refractivity (Wildman–Crippen MR) is 56.8 cm³/mol. The van der Waals surface area contributed by atoms with Crippen molar-refractivity contribution in [1.29, 1.82) is 0 Å². The summed E-state index contributed by atoms with van der Waals surface area (Å²) >= 11 is 0. The fourth-order valence-corrected chi connectivity index (χ4v) is 1.25. The van der Waals surface area contributed by atoms with E-state index in [9.17, 15) is 0 Å². The molecule has 3 N–H and O–H groups in total. The van der Waals surface area contributed by atoms with Crippen molar-refractivity contribution < 1.29 is 0 Å². The minimum absolute atomic E-state index is 0. The maximum Gasteiger partial charge on any atom is 0.0564 e. The first-order valence-electron chi connectivity index (χ1n) is 3.71. The molecule has 0 unspecified atom stereocenters. The minimum Gasteiger partial charge on any atom is -0.324 e. The lowest BCUT2D eigenvalue weighted by atomic mass is 10.1. The lowest BCUT2D eigenvalue weighted by Gasteiger charge is -2.03. The van der Waals surface area contributed by atoms with Crippen LogP contribution in [0.4, 0.5) is 5.69 Å². The molecule has 1 aromatic heterocycles. The molecule has 1 aromatic carbocycles. The number of fused-ring (bicyclic) bond motifs is 1. The van der Waals surface area contributed by atoms with Crippen molar-refractivity contribution >= 4 is 28.9 Å². The van der Waals surface area contributed by atoms with Crippen LogP contribution >= 0.6 is 12.4 Å². The van der Waals surface area contributed by atoms with Crippen molar-refractivity contribution in [2.75, 3.05) is 5.43 Å². The van der Waals surface area contributed by atoms with Gasteiger partial charge in [0.2, 0.25) is 0 Å². The van der Waals surface area contributed by atoms with E-state index in [2.05, 4.69) is 10.4 Å². The van der Waals surface area contributed by atoms with Gasteiger partial charge in [0.15, 0.2) is 0 Å². The van der Waals surface area contributed by atoms with Crippen LogP contribution in [-0.2, 0) is 0 Å². The van der Waals surface area contributed by atoms with Gasteiger partial charge in [-0.25, -0.2) is 0 Å². The summed E-state index contributed by atoms with van der Waals surface area (Å²) in [7, 11) is 0. The molecule has 13 heavy (non-hydrogen) atoms. The van der Waals surface area contributed by atoms with Crippen LogP contribution in [0.3, 0.4) is 0 Å². The first kappa shape index (κ1) is 9.77. The van der Waals surface area contributed by atoms with Gasteiger partial charge in [-0.3, -0.25) is 10.8 Å². The summed E-state index contributed by atoms with van der Waals surface area (Å²) < 4.78 is 0. The van der Waals surface area contributed by atoms with Crippen LogP contribution in [-0.4, -0.2) is 4.98 Å². The van der Waals surface area contributed by atoms with Crippen LogP contribution in [0.5, 0.6) is 0 Å². The lowest BCUT2D eigenvalue weighted by molar-refractivity contribution is 1.34. The van der Waals surface area contributed by atoms with Crippen LogP contribution in [0.1, 0.15) is 0 Å². The standard InChI is InChI=1S/C9H9N3.ClH/c10-12-9-3-1-2-7-6-11-5-4-8(7)9;/h1-6,12H,10H2;1H. The van der Waals surface area contributed by atoms with E-state index in [1.165, 1.54) is 0 Å². The van der Waals surface area contributed by atoms with Crippen molar-refractivity contribution in [2.45, 2.75) is 0 Å². The average molecular weight is 196 g/mol. The summed E-state index contributed by atoms with van der Waals surface area (Å²) in [5.41, 5.74) is 3.57. The van der Waals surface area contributed by atoms with Crippen molar-refractivity contribution in [3.05, 3.63) is 36.7 Å². The van der Waals surface area contributed by atoms with E-state index in [0.29, 0.717) is 0 Å². The topological polar surface area (TPSA) is 50.9 Å². The number of nitrogens with two attached hydrogens (primary N) is 1. The Balaban J connectivity index is 0.000000845. The van der Waals surface area contributed by atoms with Gasteiger partial charge in [0.1, 0.15) is 0 Å². The van der Waals surface area contributed by atoms with E-state index in [4.69, 9.17) is 5.84 Å². The third-order valence-corrected chi connectivity index (χ3v) is 1.84. The second kappa shape index (κ2) is 4.07. The van der Waals surface area contributed by atoms with Gasteiger partial charge in [-0.2, -0.15) is 0 Å². The molecule has 68 valence electrons. The Morgan fingerprint density at radius 3 is 2.85 bits per heavy atom. The van der Waals surface area contributed by atoms with E-state index in [1.54, 1.807) is 6.20 Å². The highest BCUT2D eigenvalue weighted by Gasteiger charge is 1.96. The molecule has 0 radical (unpaired) electrons. The second-order valence-electron chi connectivity index (χ2n) is 2.55. The summed E-state index contributed by atoms with van der Waals surface area (Å²) in [6, 6.07) is 7.81. The normalized spacial score (nSPS) is 9.31. The van der Waals surface area contributed by atoms with Crippen molar-refractivity contribution in [1.82, 2.24) is 4.98 Å². The van der Waals surface area contributed by atoms with E-state index < -0.39 is 0 Å². The van der Waals surface area contributed by atoms with E-state index in [0.717, 1.165) is 16.5 Å². The third kappa shape index (κ3) is 1.71. The molecule has 0 saturated heterocycles. The molecule has 0 saturated carbocycles. The highest BCUT2D eigenvalue weighted by Crippen LogP contribution is 2.20. The van der Waals surface area contributed by atoms with Crippen LogP contribution in [0.25, 0.3) is 10.8 Å². The first-order valence-corrected chi connectivity index (χ1v) is 3.71. The maximum absolute atomic E-state index is 5.35. The van der Waals surface area contributed by atoms with Crippen molar-refractivity contribution in [3.8, 4) is 0 Å². The van der Waals surface area contributed by atoms with Crippen LogP contribution in [0.2, 0.25) is 0 Å². The van der Waals surface area contributed by atoms with Gasteiger partial charge >= 0.3 is 0 Å². The smallest absolute Gasteiger partial charge is 0.0564 e. The monoisotopic (exact) mass is 195 g/mol. The molecule has 0 aliphatic carbocycles. The van der Waals surface area contributed by atoms with Crippen LogP contribution in [0, 0.1) is 0 Å².